The molecule has 36 heavy (non-hydrogen) atoms. The molecular formula is C25H29N3O7S. The average Bonchev–Trinajstić information content (AvgIpc) is 3.31. The van der Waals surface area contributed by atoms with Gasteiger partial charge in [0, 0.05) is 19.6 Å². The van der Waals surface area contributed by atoms with Crippen molar-refractivity contribution in [3.8, 4) is 17.2 Å². The summed E-state index contributed by atoms with van der Waals surface area (Å²) in [6.07, 6.45) is 0.980. The first-order valence-electron chi connectivity index (χ1n) is 11.9. The second kappa shape index (κ2) is 9.62. The number of piperidine rings is 1. The largest absolute Gasteiger partial charge is 0.482 e. The SMILES string of the molecule is C[C@@H]1C[C@H](C)CN(S(=O)(=O)c2ccc3c(c2)N(CC(=O)NCc2ccc4c(c2)OCO4)C(=O)CO3)C1. The highest BCUT2D eigenvalue weighted by Crippen LogP contribution is 2.36. The van der Waals surface area contributed by atoms with Crippen molar-refractivity contribution in [3.05, 3.63) is 42.0 Å². The lowest BCUT2D eigenvalue weighted by Gasteiger charge is -2.34. The van der Waals surface area contributed by atoms with E-state index >= 15 is 0 Å². The van der Waals surface area contributed by atoms with Crippen LogP contribution in [-0.2, 0) is 26.2 Å². The number of rotatable bonds is 6. The molecule has 0 aliphatic carbocycles. The number of amides is 2. The van der Waals surface area contributed by atoms with Gasteiger partial charge < -0.3 is 19.5 Å². The van der Waals surface area contributed by atoms with Gasteiger partial charge in [0.25, 0.3) is 5.91 Å². The van der Waals surface area contributed by atoms with Gasteiger partial charge in [-0.2, -0.15) is 4.31 Å². The lowest BCUT2D eigenvalue weighted by atomic mass is 9.94. The van der Waals surface area contributed by atoms with Crippen LogP contribution in [0, 0.1) is 11.8 Å². The van der Waals surface area contributed by atoms with Crippen molar-refractivity contribution in [1.29, 1.82) is 0 Å². The molecule has 0 saturated carbocycles. The molecule has 2 amide bonds. The van der Waals surface area contributed by atoms with E-state index < -0.39 is 15.9 Å². The van der Waals surface area contributed by atoms with E-state index in [4.69, 9.17) is 14.2 Å². The van der Waals surface area contributed by atoms with Crippen LogP contribution in [0.25, 0.3) is 0 Å². The smallest absolute Gasteiger partial charge is 0.265 e. The van der Waals surface area contributed by atoms with Crippen LogP contribution in [0.3, 0.4) is 0 Å². The van der Waals surface area contributed by atoms with Gasteiger partial charge >= 0.3 is 0 Å². The summed E-state index contributed by atoms with van der Waals surface area (Å²) in [7, 11) is -3.76. The van der Waals surface area contributed by atoms with Gasteiger partial charge in [-0.15, -0.1) is 0 Å². The second-order valence-corrected chi connectivity index (χ2v) is 11.6. The number of sulfonamides is 1. The molecule has 1 N–H and O–H groups in total. The third-order valence-electron chi connectivity index (χ3n) is 6.57. The van der Waals surface area contributed by atoms with E-state index in [2.05, 4.69) is 5.32 Å². The number of benzene rings is 2. The molecule has 10 nitrogen and oxygen atoms in total. The summed E-state index contributed by atoms with van der Waals surface area (Å²) in [6, 6.07) is 9.85. The Balaban J connectivity index is 1.32. The van der Waals surface area contributed by atoms with Gasteiger partial charge in [-0.1, -0.05) is 19.9 Å². The fourth-order valence-corrected chi connectivity index (χ4v) is 6.62. The van der Waals surface area contributed by atoms with Crippen LogP contribution >= 0.6 is 0 Å². The number of hydrogen-bond donors (Lipinski definition) is 1. The molecule has 2 aromatic rings. The summed E-state index contributed by atoms with van der Waals surface area (Å²) in [5.74, 6) is 1.34. The lowest BCUT2D eigenvalue weighted by molar-refractivity contribution is -0.125. The minimum Gasteiger partial charge on any atom is -0.482 e. The van der Waals surface area contributed by atoms with Gasteiger partial charge in [0.2, 0.25) is 22.7 Å². The number of hydrogen-bond acceptors (Lipinski definition) is 7. The highest BCUT2D eigenvalue weighted by atomic mass is 32.2. The number of ether oxygens (including phenoxy) is 3. The molecule has 0 bridgehead atoms. The highest BCUT2D eigenvalue weighted by molar-refractivity contribution is 7.89. The predicted octanol–water partition coefficient (Wildman–Crippen LogP) is 2.12. The van der Waals surface area contributed by atoms with Crippen LogP contribution in [0.4, 0.5) is 5.69 Å². The Hall–Kier alpha value is -3.31. The number of carbonyl (C=O) groups excluding carboxylic acids is 2. The molecule has 3 aliphatic heterocycles. The lowest BCUT2D eigenvalue weighted by Crippen LogP contribution is -2.45. The fraction of sp³-hybridized carbons (Fsp3) is 0.440. The van der Waals surface area contributed by atoms with Gasteiger partial charge in [-0.3, -0.25) is 14.5 Å². The molecule has 1 fully saturated rings. The van der Waals surface area contributed by atoms with E-state index in [1.54, 1.807) is 18.2 Å². The third-order valence-corrected chi connectivity index (χ3v) is 8.40. The Labute approximate surface area is 210 Å². The maximum Gasteiger partial charge on any atom is 0.265 e. The Morgan fingerprint density at radius 2 is 1.72 bits per heavy atom. The van der Waals surface area contributed by atoms with Gasteiger partial charge in [0.15, 0.2) is 18.1 Å². The molecule has 11 heteroatoms. The van der Waals surface area contributed by atoms with Gasteiger partial charge in [0.1, 0.15) is 12.3 Å². The van der Waals surface area contributed by atoms with Crippen molar-refractivity contribution in [2.75, 3.05) is 37.9 Å². The van der Waals surface area contributed by atoms with E-state index in [9.17, 15) is 18.0 Å². The van der Waals surface area contributed by atoms with E-state index in [-0.39, 0.29) is 54.8 Å². The van der Waals surface area contributed by atoms with E-state index in [0.29, 0.717) is 30.3 Å². The molecule has 2 atom stereocenters. The van der Waals surface area contributed by atoms with E-state index in [1.807, 2.05) is 19.9 Å². The molecule has 3 aliphatic rings. The van der Waals surface area contributed by atoms with Crippen LogP contribution < -0.4 is 24.4 Å². The Morgan fingerprint density at radius 1 is 1.00 bits per heavy atom. The van der Waals surface area contributed by atoms with Crippen molar-refractivity contribution in [2.24, 2.45) is 11.8 Å². The molecule has 2 aromatic carbocycles. The summed E-state index contributed by atoms with van der Waals surface area (Å²) in [6.45, 7) is 4.90. The molecule has 3 heterocycles. The molecule has 0 radical (unpaired) electrons. The van der Waals surface area contributed by atoms with Crippen LogP contribution in [0.15, 0.2) is 41.3 Å². The number of nitrogens with zero attached hydrogens (tertiary/aromatic N) is 2. The quantitative estimate of drug-likeness (QED) is 0.627. The maximum atomic E-state index is 13.4. The topological polar surface area (TPSA) is 114 Å². The zero-order valence-electron chi connectivity index (χ0n) is 20.2. The van der Waals surface area contributed by atoms with Crippen molar-refractivity contribution in [1.82, 2.24) is 9.62 Å². The van der Waals surface area contributed by atoms with Crippen LogP contribution in [0.2, 0.25) is 0 Å². The number of carbonyl (C=O) groups is 2. The van der Waals surface area contributed by atoms with Gasteiger partial charge in [-0.25, -0.2) is 8.42 Å². The van der Waals surface area contributed by atoms with Gasteiger partial charge in [0.05, 0.1) is 10.6 Å². The predicted molar refractivity (Wildman–Crippen MR) is 130 cm³/mol. The first-order valence-corrected chi connectivity index (χ1v) is 13.4. The van der Waals surface area contributed by atoms with Crippen LogP contribution in [-0.4, -0.2) is 57.6 Å². The molecule has 0 aromatic heterocycles. The van der Waals surface area contributed by atoms with Gasteiger partial charge in [-0.05, 0) is 54.2 Å². The number of anilines is 1. The molecule has 1 saturated heterocycles. The van der Waals surface area contributed by atoms with E-state index in [0.717, 1.165) is 12.0 Å². The summed E-state index contributed by atoms with van der Waals surface area (Å²) < 4.78 is 44.5. The van der Waals surface area contributed by atoms with Crippen molar-refractivity contribution in [2.45, 2.75) is 31.7 Å². The number of fused-ring (bicyclic) bond motifs is 2. The summed E-state index contributed by atoms with van der Waals surface area (Å²) in [5, 5.41) is 2.80. The van der Waals surface area contributed by atoms with Crippen LogP contribution in [0.1, 0.15) is 25.8 Å². The Morgan fingerprint density at radius 3 is 2.50 bits per heavy atom. The Bertz CT molecular complexity index is 1290. The minimum absolute atomic E-state index is 0.0756. The first-order chi connectivity index (χ1) is 17.2. The first kappa shape index (κ1) is 24.4. The normalized spacial score (nSPS) is 21.6. The van der Waals surface area contributed by atoms with Crippen molar-refractivity contribution >= 4 is 27.5 Å². The molecule has 5 rings (SSSR count). The fourth-order valence-electron chi connectivity index (χ4n) is 4.92. The second-order valence-electron chi connectivity index (χ2n) is 9.63. The van der Waals surface area contributed by atoms with Crippen molar-refractivity contribution < 1.29 is 32.2 Å². The average molecular weight is 516 g/mol. The third kappa shape index (κ3) is 4.85. The summed E-state index contributed by atoms with van der Waals surface area (Å²) in [4.78, 5) is 26.8. The van der Waals surface area contributed by atoms with Crippen molar-refractivity contribution in [3.63, 3.8) is 0 Å². The zero-order valence-corrected chi connectivity index (χ0v) is 21.0. The minimum atomic E-state index is -3.76. The molecule has 192 valence electrons. The molecule has 0 spiro atoms. The van der Waals surface area contributed by atoms with Crippen LogP contribution in [0.5, 0.6) is 17.2 Å². The summed E-state index contributed by atoms with van der Waals surface area (Å²) >= 11 is 0. The molecular weight excluding hydrogens is 486 g/mol. The summed E-state index contributed by atoms with van der Waals surface area (Å²) in [5.41, 5.74) is 1.09. The standard InChI is InChI=1S/C25H29N3O7S/c1-16-7-17(2)12-27(11-16)36(31,32)19-4-6-21-20(9-19)28(25(30)14-33-21)13-24(29)26-10-18-3-5-22-23(8-18)35-15-34-22/h3-6,8-9,16-17H,7,10-15H2,1-2H3,(H,26,29)/t16-,17+. The maximum absolute atomic E-state index is 13.4. The zero-order chi connectivity index (χ0) is 25.4. The van der Waals surface area contributed by atoms with E-state index in [1.165, 1.54) is 21.3 Å². The highest BCUT2D eigenvalue weighted by Gasteiger charge is 2.34. The Kier molecular flexibility index (Phi) is 6.52. The monoisotopic (exact) mass is 515 g/mol. The number of nitrogens with one attached hydrogen (secondary N) is 1. The molecule has 0 unspecified atom stereocenters.